The maximum absolute atomic E-state index is 13.3. The second-order valence-corrected chi connectivity index (χ2v) is 8.88. The summed E-state index contributed by atoms with van der Waals surface area (Å²) in [7, 11) is 0. The van der Waals surface area contributed by atoms with E-state index in [9.17, 15) is 9.18 Å². The lowest BCUT2D eigenvalue weighted by atomic mass is 9.92. The highest BCUT2D eigenvalue weighted by Gasteiger charge is 2.32. The first-order chi connectivity index (χ1) is 13.6. The molecule has 2 atom stereocenters. The minimum atomic E-state index is -0.271. The van der Waals surface area contributed by atoms with Gasteiger partial charge in [-0.25, -0.2) is 9.07 Å². The van der Waals surface area contributed by atoms with Gasteiger partial charge in [-0.3, -0.25) is 4.79 Å². The molecule has 0 unspecified atom stereocenters. The number of aromatic nitrogens is 2. The average Bonchev–Trinajstić information content (AvgIpc) is 3.36. The molecule has 0 aliphatic carbocycles. The number of amides is 1. The van der Waals surface area contributed by atoms with Crippen molar-refractivity contribution < 1.29 is 9.18 Å². The lowest BCUT2D eigenvalue weighted by Crippen LogP contribution is -2.32. The van der Waals surface area contributed by atoms with Gasteiger partial charge >= 0.3 is 0 Å². The fraction of sp³-hybridized carbons (Fsp3) is 0.429. The number of nitrogens with zero attached hydrogens (tertiary/aromatic N) is 3. The van der Waals surface area contributed by atoms with Crippen LogP contribution in [-0.4, -0.2) is 46.8 Å². The zero-order valence-electron chi connectivity index (χ0n) is 16.2. The number of thiophene rings is 1. The standard InChI is InChI=1S/C21H23FN4OS.ClH/c1-13-18-10-19(20(27)25-8-6-14-11-23-12-15(14)7-9-25)28-21(18)26(24-13)17-4-2-16(22)3-5-17;/h2-5,10,14-15,23H,6-9,11-12H2,1H3;1H/t14-,15+;. The molecule has 2 fully saturated rings. The van der Waals surface area contributed by atoms with Crippen molar-refractivity contribution >= 4 is 39.9 Å². The number of carbonyl (C=O) groups excluding carboxylic acids is 1. The van der Waals surface area contributed by atoms with Crippen LogP contribution in [0.15, 0.2) is 30.3 Å². The Balaban J connectivity index is 0.00000205. The summed E-state index contributed by atoms with van der Waals surface area (Å²) >= 11 is 1.48. The third kappa shape index (κ3) is 3.67. The summed E-state index contributed by atoms with van der Waals surface area (Å²) < 4.78 is 15.1. The van der Waals surface area contributed by atoms with Gasteiger partial charge < -0.3 is 10.2 Å². The average molecular weight is 435 g/mol. The summed E-state index contributed by atoms with van der Waals surface area (Å²) in [6, 6.07) is 8.26. The van der Waals surface area contributed by atoms with E-state index >= 15 is 0 Å². The fourth-order valence-electron chi connectivity index (χ4n) is 4.49. The monoisotopic (exact) mass is 434 g/mol. The largest absolute Gasteiger partial charge is 0.338 e. The molecule has 8 heteroatoms. The van der Waals surface area contributed by atoms with Crippen molar-refractivity contribution in [2.75, 3.05) is 26.2 Å². The molecule has 0 saturated carbocycles. The summed E-state index contributed by atoms with van der Waals surface area (Å²) in [6.07, 6.45) is 2.16. The van der Waals surface area contributed by atoms with Crippen LogP contribution >= 0.6 is 23.7 Å². The van der Waals surface area contributed by atoms with E-state index in [4.69, 9.17) is 0 Å². The van der Waals surface area contributed by atoms with E-state index in [0.29, 0.717) is 11.8 Å². The lowest BCUT2D eigenvalue weighted by Gasteiger charge is -2.20. The Kier molecular flexibility index (Phi) is 5.64. The molecule has 0 radical (unpaired) electrons. The van der Waals surface area contributed by atoms with Gasteiger partial charge in [-0.05, 0) is 75.0 Å². The Labute approximate surface area is 179 Å². The lowest BCUT2D eigenvalue weighted by molar-refractivity contribution is 0.0763. The quantitative estimate of drug-likeness (QED) is 0.662. The number of halogens is 2. The van der Waals surface area contributed by atoms with Crippen molar-refractivity contribution in [1.29, 1.82) is 0 Å². The van der Waals surface area contributed by atoms with Crippen LogP contribution in [-0.2, 0) is 0 Å². The normalized spacial score (nSPS) is 21.7. The molecule has 5 rings (SSSR count). The highest BCUT2D eigenvalue weighted by atomic mass is 35.5. The van der Waals surface area contributed by atoms with Crippen LogP contribution in [0.25, 0.3) is 15.9 Å². The molecule has 3 aromatic rings. The molecule has 0 spiro atoms. The van der Waals surface area contributed by atoms with Crippen LogP contribution in [0.2, 0.25) is 0 Å². The predicted octanol–water partition coefficient (Wildman–Crippen LogP) is 4.03. The van der Waals surface area contributed by atoms with Crippen molar-refractivity contribution in [3.63, 3.8) is 0 Å². The summed E-state index contributed by atoms with van der Waals surface area (Å²) in [5.41, 5.74) is 1.68. The second kappa shape index (κ2) is 8.05. The number of hydrogen-bond acceptors (Lipinski definition) is 4. The van der Waals surface area contributed by atoms with Gasteiger partial charge in [-0.2, -0.15) is 5.10 Å². The maximum Gasteiger partial charge on any atom is 0.264 e. The number of fused-ring (bicyclic) bond motifs is 2. The minimum absolute atomic E-state index is 0. The van der Waals surface area contributed by atoms with Crippen molar-refractivity contribution in [2.45, 2.75) is 19.8 Å². The van der Waals surface area contributed by atoms with Gasteiger partial charge in [0, 0.05) is 18.5 Å². The molecule has 2 aromatic heterocycles. The summed E-state index contributed by atoms with van der Waals surface area (Å²) in [5, 5.41) is 9.06. The topological polar surface area (TPSA) is 50.2 Å². The Bertz CT molecular complexity index is 1020. The summed E-state index contributed by atoms with van der Waals surface area (Å²) in [5.74, 6) is 1.26. The summed E-state index contributed by atoms with van der Waals surface area (Å²) in [4.78, 5) is 16.9. The molecule has 1 aromatic carbocycles. The van der Waals surface area contributed by atoms with Crippen LogP contribution in [0.1, 0.15) is 28.2 Å². The maximum atomic E-state index is 13.3. The minimum Gasteiger partial charge on any atom is -0.338 e. The van der Waals surface area contributed by atoms with Gasteiger partial charge in [0.05, 0.1) is 16.3 Å². The van der Waals surface area contributed by atoms with Crippen molar-refractivity contribution in [3.8, 4) is 5.69 Å². The Morgan fingerprint density at radius 1 is 1.17 bits per heavy atom. The number of aryl methyl sites for hydroxylation is 1. The third-order valence-electron chi connectivity index (χ3n) is 6.13. The second-order valence-electron chi connectivity index (χ2n) is 7.85. The van der Waals surface area contributed by atoms with Crippen LogP contribution in [0.5, 0.6) is 0 Å². The van der Waals surface area contributed by atoms with Gasteiger partial charge in [-0.1, -0.05) is 0 Å². The van der Waals surface area contributed by atoms with E-state index in [0.717, 1.165) is 65.5 Å². The predicted molar refractivity (Wildman–Crippen MR) is 116 cm³/mol. The van der Waals surface area contributed by atoms with Crippen molar-refractivity contribution in [3.05, 3.63) is 46.7 Å². The molecule has 2 aliphatic heterocycles. The molecule has 1 N–H and O–H groups in total. The number of carbonyl (C=O) groups is 1. The van der Waals surface area contributed by atoms with E-state index in [-0.39, 0.29) is 24.1 Å². The Morgan fingerprint density at radius 2 is 1.83 bits per heavy atom. The smallest absolute Gasteiger partial charge is 0.264 e. The molecule has 2 aliphatic rings. The van der Waals surface area contributed by atoms with Crippen LogP contribution in [0.3, 0.4) is 0 Å². The molecular weight excluding hydrogens is 411 g/mol. The first-order valence-corrected chi connectivity index (χ1v) is 10.7. The van der Waals surface area contributed by atoms with E-state index < -0.39 is 0 Å². The van der Waals surface area contributed by atoms with Crippen molar-refractivity contribution in [2.24, 2.45) is 11.8 Å². The fourth-order valence-corrected chi connectivity index (χ4v) is 5.64. The Hall–Kier alpha value is -1.96. The van der Waals surface area contributed by atoms with Crippen LogP contribution in [0.4, 0.5) is 4.39 Å². The number of benzene rings is 1. The van der Waals surface area contributed by atoms with Gasteiger partial charge in [0.2, 0.25) is 0 Å². The van der Waals surface area contributed by atoms with Gasteiger partial charge in [0.1, 0.15) is 10.6 Å². The van der Waals surface area contributed by atoms with E-state index in [2.05, 4.69) is 10.4 Å². The molecule has 29 heavy (non-hydrogen) atoms. The van der Waals surface area contributed by atoms with Gasteiger partial charge in [0.25, 0.3) is 5.91 Å². The molecule has 4 heterocycles. The SMILES string of the molecule is Cc1nn(-c2ccc(F)cc2)c2sc(C(=O)N3CC[C@@H]4CNC[C@@H]4CC3)cc12.Cl. The first-order valence-electron chi connectivity index (χ1n) is 9.85. The Morgan fingerprint density at radius 3 is 2.48 bits per heavy atom. The van der Waals surface area contributed by atoms with E-state index in [1.54, 1.807) is 12.1 Å². The van der Waals surface area contributed by atoms with Crippen LogP contribution < -0.4 is 5.32 Å². The molecule has 2 saturated heterocycles. The molecule has 154 valence electrons. The van der Waals surface area contributed by atoms with E-state index in [1.165, 1.54) is 23.5 Å². The summed E-state index contributed by atoms with van der Waals surface area (Å²) in [6.45, 7) is 5.78. The van der Waals surface area contributed by atoms with Crippen molar-refractivity contribution in [1.82, 2.24) is 20.0 Å². The van der Waals surface area contributed by atoms with Gasteiger partial charge in [-0.15, -0.1) is 23.7 Å². The number of likely N-dealkylation sites (tertiary alicyclic amines) is 1. The van der Waals surface area contributed by atoms with E-state index in [1.807, 2.05) is 22.6 Å². The number of rotatable bonds is 2. The number of nitrogens with one attached hydrogen (secondary N) is 1. The molecule has 5 nitrogen and oxygen atoms in total. The third-order valence-corrected chi connectivity index (χ3v) is 7.23. The zero-order valence-corrected chi connectivity index (χ0v) is 17.9. The highest BCUT2D eigenvalue weighted by molar-refractivity contribution is 7.20. The highest BCUT2D eigenvalue weighted by Crippen LogP contribution is 2.33. The molecular formula is C21H24ClFN4OS. The molecule has 0 bridgehead atoms. The zero-order chi connectivity index (χ0) is 19.3. The van der Waals surface area contributed by atoms with Crippen LogP contribution in [0, 0.1) is 24.6 Å². The van der Waals surface area contributed by atoms with Gasteiger partial charge in [0.15, 0.2) is 0 Å². The first kappa shape index (κ1) is 20.3. The number of hydrogen-bond donors (Lipinski definition) is 1. The molecule has 1 amide bonds.